The molecule has 5 nitrogen and oxygen atoms in total. The largest absolute Gasteiger partial charge is 0.319 e. The summed E-state index contributed by atoms with van der Waals surface area (Å²) in [5.41, 5.74) is 2.92. The molecule has 0 aliphatic heterocycles. The van der Waals surface area contributed by atoms with E-state index in [0.717, 1.165) is 16.3 Å². The van der Waals surface area contributed by atoms with Gasteiger partial charge in [-0.2, -0.15) is 5.10 Å². The van der Waals surface area contributed by atoms with E-state index in [4.69, 9.17) is 0 Å². The van der Waals surface area contributed by atoms with Crippen molar-refractivity contribution in [3.8, 4) is 16.3 Å². The molecule has 3 heterocycles. The lowest BCUT2D eigenvalue weighted by molar-refractivity contribution is 0.102. The van der Waals surface area contributed by atoms with Gasteiger partial charge in [0.15, 0.2) is 0 Å². The maximum absolute atomic E-state index is 12.5. The predicted octanol–water partition coefficient (Wildman–Crippen LogP) is 4.25. The Kier molecular flexibility index (Phi) is 4.10. The van der Waals surface area contributed by atoms with Gasteiger partial charge < -0.3 is 5.32 Å². The summed E-state index contributed by atoms with van der Waals surface area (Å²) >= 11 is 1.58. The topological polar surface area (TPSA) is 59.8 Å². The van der Waals surface area contributed by atoms with E-state index in [1.54, 1.807) is 40.5 Å². The predicted molar refractivity (Wildman–Crippen MR) is 99.1 cm³/mol. The molecule has 1 aromatic carbocycles. The van der Waals surface area contributed by atoms with Crippen molar-refractivity contribution in [2.45, 2.75) is 0 Å². The van der Waals surface area contributed by atoms with Crippen LogP contribution in [0.1, 0.15) is 10.4 Å². The van der Waals surface area contributed by atoms with Crippen molar-refractivity contribution in [1.82, 2.24) is 14.8 Å². The van der Waals surface area contributed by atoms with Crippen LogP contribution in [0.4, 0.5) is 5.69 Å². The number of anilines is 1. The Morgan fingerprint density at radius 2 is 1.80 bits per heavy atom. The molecular weight excluding hydrogens is 332 g/mol. The van der Waals surface area contributed by atoms with Gasteiger partial charge in [-0.15, -0.1) is 11.3 Å². The summed E-state index contributed by atoms with van der Waals surface area (Å²) in [7, 11) is 0. The summed E-state index contributed by atoms with van der Waals surface area (Å²) in [5, 5.41) is 9.62. The van der Waals surface area contributed by atoms with Crippen LogP contribution in [-0.4, -0.2) is 20.7 Å². The fourth-order valence-electron chi connectivity index (χ4n) is 2.47. The van der Waals surface area contributed by atoms with E-state index in [9.17, 15) is 4.79 Å². The second-order valence-electron chi connectivity index (χ2n) is 5.34. The Morgan fingerprint density at radius 3 is 2.52 bits per heavy atom. The molecule has 25 heavy (non-hydrogen) atoms. The second kappa shape index (κ2) is 6.70. The molecule has 0 saturated heterocycles. The Bertz CT molecular complexity index is 979. The number of rotatable bonds is 4. The third-order valence-corrected chi connectivity index (χ3v) is 4.56. The first-order chi connectivity index (χ1) is 12.3. The number of thiophene rings is 1. The number of hydrogen-bond acceptors (Lipinski definition) is 4. The third-order valence-electron chi connectivity index (χ3n) is 3.68. The van der Waals surface area contributed by atoms with Crippen molar-refractivity contribution >= 4 is 22.9 Å². The normalized spacial score (nSPS) is 10.6. The number of pyridine rings is 1. The Morgan fingerprint density at radius 1 is 1.00 bits per heavy atom. The Labute approximate surface area is 148 Å². The number of nitrogens with zero attached hydrogens (tertiary/aromatic N) is 3. The lowest BCUT2D eigenvalue weighted by Crippen LogP contribution is -2.11. The van der Waals surface area contributed by atoms with Crippen LogP contribution in [-0.2, 0) is 0 Å². The molecule has 0 fully saturated rings. The summed E-state index contributed by atoms with van der Waals surface area (Å²) in [5.74, 6) is -0.187. The third kappa shape index (κ3) is 3.20. The average molecular weight is 346 g/mol. The fourth-order valence-corrected chi connectivity index (χ4v) is 3.19. The Hall–Kier alpha value is -3.25. The lowest BCUT2D eigenvalue weighted by atomic mass is 10.2. The molecular formula is C19H14N4OS. The molecule has 0 saturated carbocycles. The molecule has 4 rings (SSSR count). The van der Waals surface area contributed by atoms with Gasteiger partial charge in [0.2, 0.25) is 0 Å². The molecule has 0 aliphatic rings. The molecule has 0 aliphatic carbocycles. The number of carbonyl (C=O) groups is 1. The van der Waals surface area contributed by atoms with E-state index >= 15 is 0 Å². The van der Waals surface area contributed by atoms with Gasteiger partial charge in [0.05, 0.1) is 22.4 Å². The summed E-state index contributed by atoms with van der Waals surface area (Å²) in [6, 6.07) is 17.1. The number of benzene rings is 1. The van der Waals surface area contributed by atoms with Gasteiger partial charge in [0.1, 0.15) is 5.69 Å². The van der Waals surface area contributed by atoms with Crippen molar-refractivity contribution in [2.75, 3.05) is 5.32 Å². The highest BCUT2D eigenvalue weighted by Crippen LogP contribution is 2.31. The summed E-state index contributed by atoms with van der Waals surface area (Å²) < 4.78 is 1.78. The van der Waals surface area contributed by atoms with Crippen LogP contribution in [0, 0.1) is 0 Å². The van der Waals surface area contributed by atoms with Crippen molar-refractivity contribution in [1.29, 1.82) is 0 Å². The Balaban J connectivity index is 1.73. The molecule has 0 spiro atoms. The molecule has 0 atom stereocenters. The quantitative estimate of drug-likeness (QED) is 0.601. The van der Waals surface area contributed by atoms with Crippen LogP contribution in [0.25, 0.3) is 16.3 Å². The highest BCUT2D eigenvalue weighted by atomic mass is 32.1. The second-order valence-corrected chi connectivity index (χ2v) is 6.29. The molecule has 1 N–H and O–H groups in total. The minimum absolute atomic E-state index is 0.187. The molecule has 1 amide bonds. The van der Waals surface area contributed by atoms with E-state index in [1.165, 1.54) is 0 Å². The highest BCUT2D eigenvalue weighted by Gasteiger charge is 2.16. The van der Waals surface area contributed by atoms with E-state index < -0.39 is 0 Å². The number of aromatic nitrogens is 3. The number of amides is 1. The SMILES string of the molecule is O=C(Nc1cn(-c2ccccc2)nc1-c1cccs1)c1ccncc1. The zero-order valence-corrected chi connectivity index (χ0v) is 14.0. The van der Waals surface area contributed by atoms with Gasteiger partial charge in [-0.05, 0) is 35.7 Å². The lowest BCUT2D eigenvalue weighted by Gasteiger charge is -2.04. The first-order valence-corrected chi connectivity index (χ1v) is 8.59. The number of para-hydroxylation sites is 1. The minimum Gasteiger partial charge on any atom is -0.319 e. The monoisotopic (exact) mass is 346 g/mol. The van der Waals surface area contributed by atoms with E-state index in [2.05, 4.69) is 15.4 Å². The molecule has 3 aromatic heterocycles. The van der Waals surface area contributed by atoms with Crippen molar-refractivity contribution in [3.05, 3.63) is 84.1 Å². The number of carbonyl (C=O) groups excluding carboxylic acids is 1. The van der Waals surface area contributed by atoms with Crippen molar-refractivity contribution in [2.24, 2.45) is 0 Å². The molecule has 6 heteroatoms. The summed E-state index contributed by atoms with van der Waals surface area (Å²) in [6.07, 6.45) is 5.04. The van der Waals surface area contributed by atoms with Crippen molar-refractivity contribution in [3.63, 3.8) is 0 Å². The minimum atomic E-state index is -0.187. The van der Waals surface area contributed by atoms with Crippen molar-refractivity contribution < 1.29 is 4.79 Å². The van der Waals surface area contributed by atoms with Crippen LogP contribution in [0.15, 0.2) is 78.6 Å². The van der Waals surface area contributed by atoms with Gasteiger partial charge in [-0.25, -0.2) is 4.68 Å². The smallest absolute Gasteiger partial charge is 0.255 e. The maximum atomic E-state index is 12.5. The van der Waals surface area contributed by atoms with Gasteiger partial charge in [-0.3, -0.25) is 9.78 Å². The van der Waals surface area contributed by atoms with Gasteiger partial charge in [0.25, 0.3) is 5.91 Å². The summed E-state index contributed by atoms with van der Waals surface area (Å²) in [6.45, 7) is 0. The summed E-state index contributed by atoms with van der Waals surface area (Å²) in [4.78, 5) is 17.5. The molecule has 0 unspecified atom stereocenters. The standard InChI is InChI=1S/C19H14N4OS/c24-19(14-8-10-20-11-9-14)21-16-13-23(15-5-2-1-3-6-15)22-18(16)17-7-4-12-25-17/h1-13H,(H,21,24). The molecule has 0 radical (unpaired) electrons. The average Bonchev–Trinajstić information content (AvgIpc) is 3.33. The fraction of sp³-hybridized carbons (Fsp3) is 0. The van der Waals surface area contributed by atoms with Crippen LogP contribution >= 0.6 is 11.3 Å². The number of nitrogens with one attached hydrogen (secondary N) is 1. The molecule has 0 bridgehead atoms. The molecule has 4 aromatic rings. The number of hydrogen-bond donors (Lipinski definition) is 1. The first kappa shape index (κ1) is 15.3. The van der Waals surface area contributed by atoms with E-state index in [1.807, 2.05) is 54.0 Å². The zero-order chi connectivity index (χ0) is 17.1. The maximum Gasteiger partial charge on any atom is 0.255 e. The van der Waals surface area contributed by atoms with Crippen LogP contribution in [0.3, 0.4) is 0 Å². The van der Waals surface area contributed by atoms with Crippen LogP contribution in [0.5, 0.6) is 0 Å². The molecule has 122 valence electrons. The van der Waals surface area contributed by atoms with Crippen LogP contribution < -0.4 is 5.32 Å². The first-order valence-electron chi connectivity index (χ1n) is 7.71. The highest BCUT2D eigenvalue weighted by molar-refractivity contribution is 7.13. The van der Waals surface area contributed by atoms with Gasteiger partial charge >= 0.3 is 0 Å². The van der Waals surface area contributed by atoms with Gasteiger partial charge in [-0.1, -0.05) is 24.3 Å². The van der Waals surface area contributed by atoms with E-state index in [-0.39, 0.29) is 5.91 Å². The zero-order valence-electron chi connectivity index (χ0n) is 13.2. The van der Waals surface area contributed by atoms with E-state index in [0.29, 0.717) is 11.3 Å². The van der Waals surface area contributed by atoms with Gasteiger partial charge in [0, 0.05) is 18.0 Å². The van der Waals surface area contributed by atoms with Crippen LogP contribution in [0.2, 0.25) is 0 Å².